The maximum atomic E-state index is 3.31. The lowest BCUT2D eigenvalue weighted by Gasteiger charge is -2.34. The summed E-state index contributed by atoms with van der Waals surface area (Å²) in [7, 11) is 0. The fraction of sp³-hybridized carbons (Fsp3) is 0.235. The van der Waals surface area contributed by atoms with Crippen LogP contribution in [0.3, 0.4) is 0 Å². The Bertz CT molecular complexity index is 1310. The predicted molar refractivity (Wildman–Crippen MR) is 154 cm³/mol. The second-order valence-corrected chi connectivity index (χ2v) is 9.95. The molecular formula is C34H36N2. The molecule has 36 heavy (non-hydrogen) atoms. The first-order valence-corrected chi connectivity index (χ1v) is 13.2. The third-order valence-electron chi connectivity index (χ3n) is 7.42. The quantitative estimate of drug-likeness (QED) is 0.411. The molecule has 0 spiro atoms. The van der Waals surface area contributed by atoms with Crippen molar-refractivity contribution in [3.63, 3.8) is 0 Å². The van der Waals surface area contributed by atoms with Crippen LogP contribution in [0.25, 0.3) is 22.5 Å². The van der Waals surface area contributed by atoms with Crippen LogP contribution in [0.2, 0.25) is 0 Å². The van der Waals surface area contributed by atoms with Gasteiger partial charge in [-0.05, 0) is 53.3 Å². The summed E-state index contributed by atoms with van der Waals surface area (Å²) in [6.07, 6.45) is 12.1. The van der Waals surface area contributed by atoms with Crippen molar-refractivity contribution < 1.29 is 0 Å². The number of nitrogens with zero attached hydrogens (tertiary/aromatic N) is 1. The highest BCUT2D eigenvalue weighted by molar-refractivity contribution is 5.79. The Balaban J connectivity index is 0.000000186. The smallest absolute Gasteiger partial charge is 0.0578 e. The summed E-state index contributed by atoms with van der Waals surface area (Å²) in [4.78, 5) is 2.61. The lowest BCUT2D eigenvalue weighted by atomic mass is 9.90. The fourth-order valence-corrected chi connectivity index (χ4v) is 5.34. The maximum absolute atomic E-state index is 3.31. The monoisotopic (exact) mass is 472 g/mol. The van der Waals surface area contributed by atoms with E-state index in [4.69, 9.17) is 0 Å². The number of nitrogens with one attached hydrogen (secondary N) is 1. The van der Waals surface area contributed by atoms with Gasteiger partial charge in [-0.1, -0.05) is 117 Å². The standard InChI is InChI=1S/C23H25N.C11H11N/c1-4-17(3)23-20-12-11-19(18-8-6-5-7-9-18)14-21(20)22-13-10-16(2)15-24(22)23;1-2-6-10(7-3-1)11-8-4-5-9-12-11/h5-14,17,23H,4,15H2,1-3H3;1-8,12H,9H2/t17-,23+;/m0./s1. The number of benzene rings is 3. The number of hydrogen-bond acceptors (Lipinski definition) is 2. The Morgan fingerprint density at radius 1 is 0.861 bits per heavy atom. The van der Waals surface area contributed by atoms with E-state index in [1.807, 2.05) is 6.07 Å². The molecule has 0 radical (unpaired) electrons. The van der Waals surface area contributed by atoms with E-state index in [1.54, 1.807) is 0 Å². The van der Waals surface area contributed by atoms with E-state index in [0.29, 0.717) is 12.0 Å². The summed E-state index contributed by atoms with van der Waals surface area (Å²) in [6.45, 7) is 8.91. The van der Waals surface area contributed by atoms with E-state index in [-0.39, 0.29) is 0 Å². The molecule has 0 fully saturated rings. The summed E-state index contributed by atoms with van der Waals surface area (Å²) < 4.78 is 0. The Kier molecular flexibility index (Phi) is 7.23. The van der Waals surface area contributed by atoms with Gasteiger partial charge in [0.15, 0.2) is 0 Å². The topological polar surface area (TPSA) is 15.3 Å². The summed E-state index contributed by atoms with van der Waals surface area (Å²) in [5.41, 5.74) is 10.8. The SMILES string of the molecule is C1=CCNC(c2ccccc2)=C1.CC[C@H](C)[C@@H]1c2ccc(-c3ccccc3)cc2C2=CC=C(C)CN21. The van der Waals surface area contributed by atoms with Gasteiger partial charge < -0.3 is 10.2 Å². The first-order chi connectivity index (χ1) is 17.7. The van der Waals surface area contributed by atoms with E-state index in [9.17, 15) is 0 Å². The molecule has 0 unspecified atom stereocenters. The van der Waals surface area contributed by atoms with Crippen molar-refractivity contribution in [3.8, 4) is 11.1 Å². The van der Waals surface area contributed by atoms with Gasteiger partial charge in [0.25, 0.3) is 0 Å². The van der Waals surface area contributed by atoms with Crippen LogP contribution in [-0.4, -0.2) is 18.0 Å². The zero-order chi connectivity index (χ0) is 24.9. The molecule has 1 N–H and O–H groups in total. The van der Waals surface area contributed by atoms with Gasteiger partial charge in [0.1, 0.15) is 0 Å². The molecule has 3 aromatic carbocycles. The predicted octanol–water partition coefficient (Wildman–Crippen LogP) is 8.24. The van der Waals surface area contributed by atoms with Crippen LogP contribution in [0, 0.1) is 5.92 Å². The van der Waals surface area contributed by atoms with E-state index < -0.39 is 0 Å². The van der Waals surface area contributed by atoms with Crippen molar-refractivity contribution in [2.75, 3.05) is 13.1 Å². The fourth-order valence-electron chi connectivity index (χ4n) is 5.34. The second kappa shape index (κ2) is 10.9. The van der Waals surface area contributed by atoms with Crippen LogP contribution >= 0.6 is 0 Å². The summed E-state index contributed by atoms with van der Waals surface area (Å²) >= 11 is 0. The van der Waals surface area contributed by atoms with Crippen LogP contribution in [0.1, 0.15) is 49.9 Å². The van der Waals surface area contributed by atoms with Crippen molar-refractivity contribution in [2.45, 2.75) is 33.2 Å². The average molecular weight is 473 g/mol. The molecule has 182 valence electrons. The Labute approximate surface area is 216 Å². The molecule has 3 aromatic rings. The highest BCUT2D eigenvalue weighted by Crippen LogP contribution is 2.48. The van der Waals surface area contributed by atoms with Crippen LogP contribution in [-0.2, 0) is 0 Å². The molecule has 0 amide bonds. The van der Waals surface area contributed by atoms with Gasteiger partial charge in [-0.15, -0.1) is 0 Å². The van der Waals surface area contributed by atoms with Crippen molar-refractivity contribution in [1.29, 1.82) is 0 Å². The van der Waals surface area contributed by atoms with Crippen LogP contribution in [0.15, 0.2) is 115 Å². The van der Waals surface area contributed by atoms with Gasteiger partial charge in [-0.3, -0.25) is 0 Å². The summed E-state index contributed by atoms with van der Waals surface area (Å²) in [6, 6.07) is 28.6. The lowest BCUT2D eigenvalue weighted by molar-refractivity contribution is 0.249. The molecule has 0 aromatic heterocycles. The third-order valence-corrected chi connectivity index (χ3v) is 7.42. The number of fused-ring (bicyclic) bond motifs is 3. The third kappa shape index (κ3) is 4.95. The Hall–Kier alpha value is -3.78. The highest BCUT2D eigenvalue weighted by atomic mass is 15.2. The Morgan fingerprint density at radius 2 is 1.58 bits per heavy atom. The molecule has 3 aliphatic rings. The number of hydrogen-bond donors (Lipinski definition) is 1. The van der Waals surface area contributed by atoms with Crippen LogP contribution in [0.4, 0.5) is 0 Å². The maximum Gasteiger partial charge on any atom is 0.0578 e. The van der Waals surface area contributed by atoms with Gasteiger partial charge in [0.05, 0.1) is 6.04 Å². The first-order valence-electron chi connectivity index (χ1n) is 13.2. The molecule has 0 aliphatic carbocycles. The largest absolute Gasteiger partial charge is 0.381 e. The van der Waals surface area contributed by atoms with Crippen LogP contribution < -0.4 is 5.32 Å². The van der Waals surface area contributed by atoms with Gasteiger partial charge in [0, 0.05) is 30.0 Å². The molecule has 2 atom stereocenters. The summed E-state index contributed by atoms with van der Waals surface area (Å²) in [5.74, 6) is 0.656. The number of allylic oxidation sites excluding steroid dienone is 4. The minimum absolute atomic E-state index is 0.504. The van der Waals surface area contributed by atoms with E-state index in [0.717, 1.165) is 13.1 Å². The van der Waals surface area contributed by atoms with Gasteiger partial charge in [0.2, 0.25) is 0 Å². The Morgan fingerprint density at radius 3 is 2.25 bits per heavy atom. The zero-order valence-electron chi connectivity index (χ0n) is 21.6. The molecule has 2 heteroatoms. The number of rotatable bonds is 4. The van der Waals surface area contributed by atoms with Crippen molar-refractivity contribution in [3.05, 3.63) is 132 Å². The molecule has 3 aliphatic heterocycles. The minimum atomic E-state index is 0.504. The minimum Gasteiger partial charge on any atom is -0.381 e. The van der Waals surface area contributed by atoms with Crippen molar-refractivity contribution in [1.82, 2.24) is 10.2 Å². The van der Waals surface area contributed by atoms with Gasteiger partial charge >= 0.3 is 0 Å². The first kappa shape index (κ1) is 23.9. The van der Waals surface area contributed by atoms with Gasteiger partial charge in [-0.25, -0.2) is 0 Å². The second-order valence-electron chi connectivity index (χ2n) is 9.95. The summed E-state index contributed by atoms with van der Waals surface area (Å²) in [5, 5.41) is 3.31. The van der Waals surface area contributed by atoms with Crippen LogP contribution in [0.5, 0.6) is 0 Å². The highest BCUT2D eigenvalue weighted by Gasteiger charge is 2.37. The molecule has 6 rings (SSSR count). The lowest BCUT2D eigenvalue weighted by Crippen LogP contribution is -2.28. The van der Waals surface area contributed by atoms with Gasteiger partial charge in [-0.2, -0.15) is 0 Å². The molecular weight excluding hydrogens is 436 g/mol. The molecule has 0 saturated heterocycles. The average Bonchev–Trinajstić information content (AvgIpc) is 3.27. The molecule has 3 heterocycles. The van der Waals surface area contributed by atoms with E-state index in [2.05, 4.69) is 134 Å². The van der Waals surface area contributed by atoms with Crippen molar-refractivity contribution in [2.24, 2.45) is 5.92 Å². The van der Waals surface area contributed by atoms with Crippen molar-refractivity contribution >= 4 is 11.4 Å². The normalized spacial score (nSPS) is 18.5. The van der Waals surface area contributed by atoms with E-state index in [1.165, 1.54) is 51.2 Å². The molecule has 0 bridgehead atoms. The molecule has 0 saturated carbocycles. The zero-order valence-corrected chi connectivity index (χ0v) is 21.6. The number of dihydropyridines is 1. The molecule has 2 nitrogen and oxygen atoms in total. The van der Waals surface area contributed by atoms with E-state index >= 15 is 0 Å².